The molecule has 0 bridgehead atoms. The van der Waals surface area contributed by atoms with Crippen LogP contribution in [0.2, 0.25) is 0 Å². The molecule has 0 atom stereocenters. The summed E-state index contributed by atoms with van der Waals surface area (Å²) < 4.78 is 30.4. The summed E-state index contributed by atoms with van der Waals surface area (Å²) in [7, 11) is 3.15. The fraction of sp³-hybridized carbons (Fsp3) is 0.333. The van der Waals surface area contributed by atoms with Gasteiger partial charge in [-0.25, -0.2) is 0 Å². The summed E-state index contributed by atoms with van der Waals surface area (Å²) in [6.07, 6.45) is -0.573. The third kappa shape index (κ3) is 2.03. The van der Waals surface area contributed by atoms with E-state index in [0.717, 1.165) is 10.8 Å². The highest BCUT2D eigenvalue weighted by atomic mass is 16.7. The van der Waals surface area contributed by atoms with Gasteiger partial charge in [-0.3, -0.25) is 0 Å². The van der Waals surface area contributed by atoms with Gasteiger partial charge in [0.05, 0.1) is 34.4 Å². The summed E-state index contributed by atoms with van der Waals surface area (Å²) in [4.78, 5) is 0. The van der Waals surface area contributed by atoms with Crippen LogP contribution in [-0.4, -0.2) is 27.4 Å². The molecular formula is C15H16O4. The van der Waals surface area contributed by atoms with E-state index >= 15 is 0 Å². The van der Waals surface area contributed by atoms with Crippen LogP contribution in [0.3, 0.4) is 0 Å². The van der Waals surface area contributed by atoms with Crippen molar-refractivity contribution < 1.29 is 20.3 Å². The molecule has 0 amide bonds. The number of methoxy groups -OCH3 is 2. The number of rotatable bonds is 3. The molecule has 1 aliphatic heterocycles. The first-order chi connectivity index (χ1) is 9.77. The highest BCUT2D eigenvalue weighted by molar-refractivity contribution is 5.94. The predicted molar refractivity (Wildman–Crippen MR) is 71.7 cm³/mol. The van der Waals surface area contributed by atoms with E-state index in [2.05, 4.69) is 0 Å². The van der Waals surface area contributed by atoms with Gasteiger partial charge in [0.25, 0.3) is 0 Å². The summed E-state index contributed by atoms with van der Waals surface area (Å²) >= 11 is 0. The molecule has 0 saturated carbocycles. The second-order valence-corrected chi connectivity index (χ2v) is 4.22. The lowest BCUT2D eigenvalue weighted by Crippen LogP contribution is -2.03. The first kappa shape index (κ1) is 11.1. The molecule has 0 aliphatic carbocycles. The highest BCUT2D eigenvalue weighted by Gasteiger charge is 2.25. The van der Waals surface area contributed by atoms with Gasteiger partial charge in [-0.2, -0.15) is 0 Å². The van der Waals surface area contributed by atoms with Crippen LogP contribution in [0.15, 0.2) is 30.3 Å². The van der Waals surface area contributed by atoms with Crippen LogP contribution in [0.4, 0.5) is 0 Å². The SMILES string of the molecule is [2H]c1c(C2OCCO2)c(OC)c2ccccc2c1OC. The van der Waals surface area contributed by atoms with Gasteiger partial charge in [0.1, 0.15) is 11.5 Å². The average molecular weight is 261 g/mol. The van der Waals surface area contributed by atoms with Crippen molar-refractivity contribution >= 4 is 10.8 Å². The van der Waals surface area contributed by atoms with Crippen LogP contribution in [0, 0.1) is 0 Å². The van der Waals surface area contributed by atoms with Crippen molar-refractivity contribution in [2.75, 3.05) is 27.4 Å². The molecule has 1 heterocycles. The van der Waals surface area contributed by atoms with Crippen molar-refractivity contribution in [3.05, 3.63) is 35.9 Å². The Morgan fingerprint density at radius 3 is 2.42 bits per heavy atom. The zero-order valence-electron chi connectivity index (χ0n) is 11.9. The van der Waals surface area contributed by atoms with E-state index in [1.165, 1.54) is 0 Å². The summed E-state index contributed by atoms with van der Waals surface area (Å²) in [6, 6.07) is 7.93. The van der Waals surface area contributed by atoms with Gasteiger partial charge >= 0.3 is 0 Å². The lowest BCUT2D eigenvalue weighted by atomic mass is 10.0. The zero-order chi connectivity index (χ0) is 14.1. The largest absolute Gasteiger partial charge is 0.496 e. The van der Waals surface area contributed by atoms with Crippen molar-refractivity contribution in [2.24, 2.45) is 0 Å². The summed E-state index contributed by atoms with van der Waals surface area (Å²) in [5, 5.41) is 1.73. The van der Waals surface area contributed by atoms with E-state index in [1.54, 1.807) is 14.2 Å². The van der Waals surface area contributed by atoms with Crippen LogP contribution >= 0.6 is 0 Å². The minimum absolute atomic E-state index is 0.245. The average Bonchev–Trinajstić information content (AvgIpc) is 2.99. The monoisotopic (exact) mass is 261 g/mol. The number of benzene rings is 2. The van der Waals surface area contributed by atoms with E-state index in [9.17, 15) is 0 Å². The molecule has 2 aromatic rings. The Morgan fingerprint density at radius 2 is 1.79 bits per heavy atom. The molecule has 0 N–H and O–H groups in total. The van der Waals surface area contributed by atoms with Crippen molar-refractivity contribution in [2.45, 2.75) is 6.29 Å². The molecule has 0 radical (unpaired) electrons. The molecule has 4 nitrogen and oxygen atoms in total. The van der Waals surface area contributed by atoms with Crippen LogP contribution < -0.4 is 9.47 Å². The number of ether oxygens (including phenoxy) is 4. The lowest BCUT2D eigenvalue weighted by Gasteiger charge is -2.18. The number of hydrogen-bond acceptors (Lipinski definition) is 4. The summed E-state index contributed by atoms with van der Waals surface area (Å²) in [5.41, 5.74) is 0.584. The van der Waals surface area contributed by atoms with Crippen molar-refractivity contribution in [3.8, 4) is 11.5 Å². The van der Waals surface area contributed by atoms with Crippen LogP contribution in [0.5, 0.6) is 11.5 Å². The number of hydrogen-bond donors (Lipinski definition) is 0. The zero-order valence-corrected chi connectivity index (χ0v) is 10.9. The second kappa shape index (κ2) is 5.07. The van der Waals surface area contributed by atoms with Crippen LogP contribution in [-0.2, 0) is 9.47 Å². The third-order valence-corrected chi connectivity index (χ3v) is 3.17. The van der Waals surface area contributed by atoms with Gasteiger partial charge in [-0.1, -0.05) is 24.3 Å². The lowest BCUT2D eigenvalue weighted by molar-refractivity contribution is -0.0454. The molecule has 100 valence electrons. The van der Waals surface area contributed by atoms with Crippen molar-refractivity contribution in [3.63, 3.8) is 0 Å². The molecule has 0 spiro atoms. The maximum absolute atomic E-state index is 8.37. The van der Waals surface area contributed by atoms with Crippen LogP contribution in [0.25, 0.3) is 10.8 Å². The first-order valence-corrected chi connectivity index (χ1v) is 6.14. The molecule has 4 heteroatoms. The quantitative estimate of drug-likeness (QED) is 0.851. The third-order valence-electron chi connectivity index (χ3n) is 3.17. The Labute approximate surface area is 113 Å². The fourth-order valence-electron chi connectivity index (χ4n) is 2.34. The summed E-state index contributed by atoms with van der Waals surface area (Å²) in [6.45, 7) is 1.03. The number of fused-ring (bicyclic) bond motifs is 1. The van der Waals surface area contributed by atoms with Gasteiger partial charge in [-0.15, -0.1) is 0 Å². The van der Waals surface area contributed by atoms with Crippen LogP contribution in [0.1, 0.15) is 13.2 Å². The fourth-order valence-corrected chi connectivity index (χ4v) is 2.34. The first-order valence-electron chi connectivity index (χ1n) is 6.64. The van der Waals surface area contributed by atoms with Gasteiger partial charge < -0.3 is 18.9 Å². The molecule has 3 rings (SSSR count). The minimum atomic E-state index is -0.573. The van der Waals surface area contributed by atoms with Gasteiger partial charge in [0.15, 0.2) is 6.29 Å². The highest BCUT2D eigenvalue weighted by Crippen LogP contribution is 2.41. The Morgan fingerprint density at radius 1 is 1.11 bits per heavy atom. The topological polar surface area (TPSA) is 36.9 Å². The standard InChI is InChI=1S/C15H16O4/c1-16-13-9-12(15-18-7-8-19-15)14(17-2)11-6-4-3-5-10(11)13/h3-6,9,15H,7-8H2,1-2H3/i9D. The van der Waals surface area contributed by atoms with E-state index in [-0.39, 0.29) is 6.04 Å². The molecular weight excluding hydrogens is 244 g/mol. The van der Waals surface area contributed by atoms with E-state index in [1.807, 2.05) is 24.3 Å². The Kier molecular flexibility index (Phi) is 2.96. The van der Waals surface area contributed by atoms with Gasteiger partial charge in [-0.05, 0) is 6.04 Å². The van der Waals surface area contributed by atoms with E-state index < -0.39 is 6.29 Å². The van der Waals surface area contributed by atoms with Gasteiger partial charge in [0.2, 0.25) is 0 Å². The molecule has 0 unspecified atom stereocenters. The summed E-state index contributed by atoms with van der Waals surface area (Å²) in [5.74, 6) is 1.12. The smallest absolute Gasteiger partial charge is 0.187 e. The Hall–Kier alpha value is -1.78. The molecule has 1 fully saturated rings. The van der Waals surface area contributed by atoms with Crippen molar-refractivity contribution in [1.82, 2.24) is 0 Å². The Bertz CT molecular complexity index is 635. The maximum atomic E-state index is 8.37. The normalized spacial score (nSPS) is 16.6. The molecule has 19 heavy (non-hydrogen) atoms. The molecule has 0 aromatic heterocycles. The minimum Gasteiger partial charge on any atom is -0.496 e. The molecule has 2 aromatic carbocycles. The second-order valence-electron chi connectivity index (χ2n) is 4.22. The van der Waals surface area contributed by atoms with Gasteiger partial charge in [0, 0.05) is 10.8 Å². The molecule has 1 aliphatic rings. The molecule has 1 saturated heterocycles. The predicted octanol–water partition coefficient (Wildman–Crippen LogP) is 2.90. The van der Waals surface area contributed by atoms with E-state index in [4.69, 9.17) is 20.3 Å². The van der Waals surface area contributed by atoms with E-state index in [0.29, 0.717) is 30.3 Å². The maximum Gasteiger partial charge on any atom is 0.187 e. The van der Waals surface area contributed by atoms with Crippen molar-refractivity contribution in [1.29, 1.82) is 0 Å². The Balaban J connectivity index is 2.34.